The summed E-state index contributed by atoms with van der Waals surface area (Å²) in [5.74, 6) is 0. The molecule has 150 valence electrons. The molecule has 0 fully saturated rings. The second-order valence-electron chi connectivity index (χ2n) is 8.59. The molecule has 0 amide bonds. The molecule has 0 aromatic heterocycles. The fourth-order valence-electron chi connectivity index (χ4n) is 1.65. The Bertz CT molecular complexity index is 451. The van der Waals surface area contributed by atoms with Crippen LogP contribution in [0.2, 0.25) is 58.9 Å². The first kappa shape index (κ1) is 25.2. The minimum Gasteiger partial charge on any atom is -0.407 e. The molecule has 25 heavy (non-hydrogen) atoms. The molecule has 0 rings (SSSR count). The summed E-state index contributed by atoms with van der Waals surface area (Å²) in [6.45, 7) is 20.2. The maximum atomic E-state index is 13.1. The normalized spacial score (nSPS) is 15.6. The van der Waals surface area contributed by atoms with E-state index in [4.69, 9.17) is 22.2 Å². The lowest BCUT2D eigenvalue weighted by molar-refractivity contribution is 0.128. The molecular weight excluding hydrogens is 393 g/mol. The highest BCUT2D eigenvalue weighted by molar-refractivity contribution is 7.52. The van der Waals surface area contributed by atoms with Crippen LogP contribution in [-0.4, -0.2) is 50.5 Å². The highest BCUT2D eigenvalue weighted by atomic mass is 31.2. The topological polar surface area (TPSA) is 75.6 Å². The van der Waals surface area contributed by atoms with Gasteiger partial charge in [0.25, 0.3) is 0 Å². The van der Waals surface area contributed by atoms with E-state index >= 15 is 0 Å². The smallest absolute Gasteiger partial charge is 0.407 e. The summed E-state index contributed by atoms with van der Waals surface area (Å²) >= 11 is 0. The second kappa shape index (κ2) is 9.93. The van der Waals surface area contributed by atoms with Gasteiger partial charge in [0.1, 0.15) is 12.7 Å². The van der Waals surface area contributed by atoms with Crippen molar-refractivity contribution in [3.63, 3.8) is 0 Å². The Morgan fingerprint density at radius 2 is 1.40 bits per heavy atom. The lowest BCUT2D eigenvalue weighted by atomic mass is 10.4. The van der Waals surface area contributed by atoms with Crippen molar-refractivity contribution in [3.8, 4) is 0 Å². The van der Waals surface area contributed by atoms with E-state index in [0.29, 0.717) is 6.61 Å². The Labute approximate surface area is 156 Å². The minimum absolute atomic E-state index is 0.0348. The molecule has 0 aromatic rings. The van der Waals surface area contributed by atoms with Crippen LogP contribution in [-0.2, 0) is 26.8 Å². The van der Waals surface area contributed by atoms with Gasteiger partial charge in [-0.05, 0) is 65.8 Å². The third-order valence-corrected chi connectivity index (χ3v) is 9.75. The fraction of sp³-hybridized carbons (Fsp3) is 0.929. The number of nitrogens with zero attached hydrogens (tertiary/aromatic N) is 1. The largest absolute Gasteiger partial charge is 0.455 e. The first-order chi connectivity index (χ1) is 11.1. The van der Waals surface area contributed by atoms with Crippen molar-refractivity contribution < 1.29 is 26.8 Å². The molecule has 0 saturated carbocycles. The van der Waals surface area contributed by atoms with E-state index in [1.54, 1.807) is 0 Å². The van der Waals surface area contributed by atoms with Gasteiger partial charge in [-0.15, -0.1) is 0 Å². The SMILES string of the molecule is CCO/N=C/[C@H](COP(=O)(O[Si](C)(C)C)O[Si](C)(C)C)O[Si](C)(C)C. The molecule has 0 spiro atoms. The molecule has 0 saturated heterocycles. The van der Waals surface area contributed by atoms with Crippen LogP contribution in [0.3, 0.4) is 0 Å². The van der Waals surface area contributed by atoms with Crippen LogP contribution < -0.4 is 0 Å². The summed E-state index contributed by atoms with van der Waals surface area (Å²) in [5.41, 5.74) is 0. The van der Waals surface area contributed by atoms with Gasteiger partial charge in [-0.3, -0.25) is 4.52 Å². The molecule has 0 unspecified atom stereocenters. The lowest BCUT2D eigenvalue weighted by Gasteiger charge is -2.31. The van der Waals surface area contributed by atoms with Crippen LogP contribution in [0, 0.1) is 0 Å². The van der Waals surface area contributed by atoms with E-state index in [1.165, 1.54) is 6.21 Å². The maximum Gasteiger partial charge on any atom is 0.455 e. The van der Waals surface area contributed by atoms with Crippen molar-refractivity contribution in [3.05, 3.63) is 0 Å². The van der Waals surface area contributed by atoms with Crippen molar-refractivity contribution in [1.82, 2.24) is 0 Å². The molecule has 0 aliphatic rings. The average molecular weight is 430 g/mol. The van der Waals surface area contributed by atoms with Gasteiger partial charge < -0.3 is 17.7 Å². The fourth-order valence-corrected chi connectivity index (χ4v) is 9.29. The van der Waals surface area contributed by atoms with Crippen LogP contribution >= 0.6 is 7.82 Å². The molecular formula is C14H36NO6PSi3. The summed E-state index contributed by atoms with van der Waals surface area (Å²) < 4.78 is 36.3. The predicted octanol–water partition coefficient (Wildman–Crippen LogP) is 5.06. The van der Waals surface area contributed by atoms with Crippen molar-refractivity contribution >= 4 is 39.0 Å². The van der Waals surface area contributed by atoms with E-state index in [0.717, 1.165) is 0 Å². The molecule has 0 bridgehead atoms. The average Bonchev–Trinajstić information content (AvgIpc) is 2.29. The lowest BCUT2D eigenvalue weighted by Crippen LogP contribution is -2.36. The first-order valence-corrected chi connectivity index (χ1v) is 20.2. The molecule has 0 radical (unpaired) electrons. The summed E-state index contributed by atoms with van der Waals surface area (Å²) in [4.78, 5) is 5.00. The Morgan fingerprint density at radius 1 is 0.920 bits per heavy atom. The molecule has 0 N–H and O–H groups in total. The van der Waals surface area contributed by atoms with Gasteiger partial charge in [0, 0.05) is 0 Å². The third kappa shape index (κ3) is 15.0. The molecule has 1 atom stereocenters. The zero-order valence-corrected chi connectivity index (χ0v) is 21.3. The molecule has 11 heteroatoms. The van der Waals surface area contributed by atoms with Gasteiger partial charge in [0.05, 0.1) is 12.8 Å². The summed E-state index contributed by atoms with van der Waals surface area (Å²) in [7, 11) is -9.76. The van der Waals surface area contributed by atoms with Crippen LogP contribution in [0.1, 0.15) is 6.92 Å². The van der Waals surface area contributed by atoms with E-state index < -0.39 is 38.9 Å². The monoisotopic (exact) mass is 429 g/mol. The van der Waals surface area contributed by atoms with E-state index in [2.05, 4.69) is 24.8 Å². The number of hydrogen-bond acceptors (Lipinski definition) is 7. The van der Waals surface area contributed by atoms with E-state index in [1.807, 2.05) is 46.2 Å². The van der Waals surface area contributed by atoms with Crippen molar-refractivity contribution in [2.24, 2.45) is 5.16 Å². The first-order valence-electron chi connectivity index (χ1n) is 8.55. The van der Waals surface area contributed by atoms with Gasteiger partial charge in [0.15, 0.2) is 25.0 Å². The summed E-state index contributed by atoms with van der Waals surface area (Å²) in [6.07, 6.45) is 1.07. The zero-order chi connectivity index (χ0) is 19.9. The van der Waals surface area contributed by atoms with Crippen LogP contribution in [0.5, 0.6) is 0 Å². The minimum atomic E-state index is -3.66. The van der Waals surface area contributed by atoms with Crippen LogP contribution in [0.4, 0.5) is 0 Å². The van der Waals surface area contributed by atoms with Gasteiger partial charge >= 0.3 is 7.82 Å². The Balaban J connectivity index is 5.19. The van der Waals surface area contributed by atoms with Crippen LogP contribution in [0.25, 0.3) is 0 Å². The Morgan fingerprint density at radius 3 is 1.76 bits per heavy atom. The Kier molecular flexibility index (Phi) is 10.0. The summed E-state index contributed by atoms with van der Waals surface area (Å²) in [5, 5.41) is 3.86. The number of hydrogen-bond donors (Lipinski definition) is 0. The van der Waals surface area contributed by atoms with E-state index in [9.17, 15) is 4.57 Å². The maximum absolute atomic E-state index is 13.1. The summed E-state index contributed by atoms with van der Waals surface area (Å²) in [6, 6.07) is 0. The number of phosphoric acid groups is 1. The standard InChI is InChI=1S/C14H36NO6PSi3/c1-11-17-15-12-14(19-23(2,3)4)13-18-22(16,20-24(5,6)7)21-25(8,9)10/h12,14H,11,13H2,1-10H3/b15-12+/t14-/m1/s1. The predicted molar refractivity (Wildman–Crippen MR) is 111 cm³/mol. The molecule has 0 aromatic carbocycles. The third-order valence-electron chi connectivity index (χ3n) is 2.10. The molecule has 7 nitrogen and oxygen atoms in total. The molecule has 0 heterocycles. The van der Waals surface area contributed by atoms with Gasteiger partial charge in [0.2, 0.25) is 0 Å². The number of oxime groups is 1. The van der Waals surface area contributed by atoms with Crippen molar-refractivity contribution in [2.45, 2.75) is 72.0 Å². The van der Waals surface area contributed by atoms with Gasteiger partial charge in [-0.1, -0.05) is 5.16 Å². The second-order valence-corrected chi connectivity index (χ2v) is 24.1. The van der Waals surface area contributed by atoms with Crippen LogP contribution in [0.15, 0.2) is 5.16 Å². The zero-order valence-electron chi connectivity index (χ0n) is 17.4. The van der Waals surface area contributed by atoms with E-state index in [-0.39, 0.29) is 6.61 Å². The molecule has 0 aliphatic carbocycles. The highest BCUT2D eigenvalue weighted by Gasteiger charge is 2.39. The highest BCUT2D eigenvalue weighted by Crippen LogP contribution is 2.54. The number of rotatable bonds is 12. The quantitative estimate of drug-likeness (QED) is 0.187. The van der Waals surface area contributed by atoms with Crippen molar-refractivity contribution in [2.75, 3.05) is 13.2 Å². The molecule has 0 aliphatic heterocycles. The van der Waals surface area contributed by atoms with Gasteiger partial charge in [-0.25, -0.2) is 4.57 Å². The van der Waals surface area contributed by atoms with Gasteiger partial charge in [-0.2, -0.15) is 0 Å². The van der Waals surface area contributed by atoms with Crippen molar-refractivity contribution in [1.29, 1.82) is 0 Å². The Hall–Kier alpha value is 0.191.